The molecule has 4 aromatic rings. The van der Waals surface area contributed by atoms with E-state index in [4.69, 9.17) is 4.52 Å². The molecule has 9 nitrogen and oxygen atoms in total. The quantitative estimate of drug-likeness (QED) is 0.130. The highest BCUT2D eigenvalue weighted by Gasteiger charge is 2.36. The third-order valence-electron chi connectivity index (χ3n) is 8.12. The standard InChI is InChI=1S/C31H37F3N5O4P/c1-4-43-44(42,5-2)18-19-6-10-21(11-7-19)36-30-35-16-25(31(32,33)34)28(38-30)37-26-15-14-23(20-8-12-22(40)13-9-20)24-17-39(3)29(41)27(24)26/h6-7,10-11,14-17,20,22,40-41H,4-5,8-9,12-13,18H2,1-3H3,(H2,35,36,37,38). The van der Waals surface area contributed by atoms with Crippen LogP contribution in [-0.2, 0) is 28.5 Å². The molecule has 5 rings (SSSR count). The Hall–Kier alpha value is -3.60. The zero-order valence-electron chi connectivity index (χ0n) is 24.9. The lowest BCUT2D eigenvalue weighted by Gasteiger charge is -2.26. The smallest absolute Gasteiger partial charge is 0.421 e. The fraction of sp³-hybridized carbons (Fsp3) is 0.419. The van der Waals surface area contributed by atoms with E-state index in [0.717, 1.165) is 35.6 Å². The van der Waals surface area contributed by atoms with Crippen LogP contribution in [0.4, 0.5) is 36.3 Å². The molecule has 2 aromatic heterocycles. The average Bonchev–Trinajstić information content (AvgIpc) is 3.28. The Bertz CT molecular complexity index is 1670. The number of aliphatic hydroxyl groups is 1. The first-order valence-corrected chi connectivity index (χ1v) is 16.7. The van der Waals surface area contributed by atoms with Crippen LogP contribution in [0, 0.1) is 0 Å². The van der Waals surface area contributed by atoms with Crippen LogP contribution in [0.25, 0.3) is 10.8 Å². The summed E-state index contributed by atoms with van der Waals surface area (Å²) >= 11 is 0. The van der Waals surface area contributed by atoms with Gasteiger partial charge in [-0.15, -0.1) is 0 Å². The van der Waals surface area contributed by atoms with Gasteiger partial charge in [-0.2, -0.15) is 18.2 Å². The molecule has 2 aromatic carbocycles. The number of nitrogens with zero attached hydrogens (tertiary/aromatic N) is 3. The van der Waals surface area contributed by atoms with Crippen molar-refractivity contribution in [3.8, 4) is 5.88 Å². The molecule has 1 fully saturated rings. The summed E-state index contributed by atoms with van der Waals surface area (Å²) in [5.41, 5.74) is 1.54. The van der Waals surface area contributed by atoms with Gasteiger partial charge in [0, 0.05) is 42.8 Å². The normalized spacial score (nSPS) is 18.7. The van der Waals surface area contributed by atoms with E-state index >= 15 is 0 Å². The molecular weight excluding hydrogens is 594 g/mol. The number of aromatic hydroxyl groups is 1. The molecule has 1 atom stereocenters. The van der Waals surface area contributed by atoms with Crippen molar-refractivity contribution in [3.63, 3.8) is 0 Å². The largest absolute Gasteiger partial charge is 0.494 e. The van der Waals surface area contributed by atoms with Gasteiger partial charge in [0.25, 0.3) is 0 Å². The van der Waals surface area contributed by atoms with Crippen molar-refractivity contribution in [2.75, 3.05) is 23.4 Å². The molecule has 1 aliphatic carbocycles. The Balaban J connectivity index is 1.44. The van der Waals surface area contributed by atoms with E-state index in [2.05, 4.69) is 20.6 Å². The maximum absolute atomic E-state index is 14.1. The minimum atomic E-state index is -4.74. The number of aliphatic hydroxyl groups excluding tert-OH is 1. The SMILES string of the molecule is CCOP(=O)(CC)Cc1ccc(Nc2ncc(C(F)(F)F)c(Nc3ccc(C4CCC(O)CC4)c4cn(C)c(O)c34)n2)cc1. The summed E-state index contributed by atoms with van der Waals surface area (Å²) in [5.74, 6) is -0.451. The highest BCUT2D eigenvalue weighted by molar-refractivity contribution is 7.58. The Morgan fingerprint density at radius 2 is 1.77 bits per heavy atom. The number of aryl methyl sites for hydroxylation is 1. The van der Waals surface area contributed by atoms with Gasteiger partial charge in [-0.05, 0) is 67.9 Å². The molecule has 1 saturated carbocycles. The third kappa shape index (κ3) is 6.87. The summed E-state index contributed by atoms with van der Waals surface area (Å²) in [7, 11) is -1.12. The van der Waals surface area contributed by atoms with Gasteiger partial charge >= 0.3 is 6.18 Å². The monoisotopic (exact) mass is 631 g/mol. The lowest BCUT2D eigenvalue weighted by molar-refractivity contribution is -0.137. The van der Waals surface area contributed by atoms with Crippen LogP contribution >= 0.6 is 7.37 Å². The predicted octanol–water partition coefficient (Wildman–Crippen LogP) is 8.03. The minimum absolute atomic E-state index is 0.0623. The Labute approximate surface area is 253 Å². The van der Waals surface area contributed by atoms with Gasteiger partial charge in [0.1, 0.15) is 11.4 Å². The predicted molar refractivity (Wildman–Crippen MR) is 165 cm³/mol. The van der Waals surface area contributed by atoms with Crippen LogP contribution < -0.4 is 10.6 Å². The van der Waals surface area contributed by atoms with Gasteiger partial charge in [0.05, 0.1) is 23.8 Å². The molecule has 0 saturated heterocycles. The van der Waals surface area contributed by atoms with Crippen LogP contribution in [0.15, 0.2) is 48.8 Å². The maximum Gasteiger partial charge on any atom is 0.421 e. The summed E-state index contributed by atoms with van der Waals surface area (Å²) in [6.45, 7) is 3.98. The number of nitrogens with one attached hydrogen (secondary N) is 2. The van der Waals surface area contributed by atoms with Crippen molar-refractivity contribution in [1.82, 2.24) is 14.5 Å². The Morgan fingerprint density at radius 1 is 1.07 bits per heavy atom. The first-order valence-electron chi connectivity index (χ1n) is 14.7. The summed E-state index contributed by atoms with van der Waals surface area (Å²) in [4.78, 5) is 8.09. The fourth-order valence-electron chi connectivity index (χ4n) is 5.75. The molecule has 0 spiro atoms. The number of hydrogen-bond donors (Lipinski definition) is 4. The van der Waals surface area contributed by atoms with Gasteiger partial charge in [0.15, 0.2) is 0 Å². The third-order valence-corrected chi connectivity index (χ3v) is 10.7. The second-order valence-corrected chi connectivity index (χ2v) is 14.0. The topological polar surface area (TPSA) is 122 Å². The second kappa shape index (κ2) is 12.8. The van der Waals surface area contributed by atoms with Crippen LogP contribution in [-0.4, -0.2) is 43.6 Å². The average molecular weight is 632 g/mol. The van der Waals surface area contributed by atoms with E-state index in [-0.39, 0.29) is 35.7 Å². The first-order chi connectivity index (χ1) is 20.9. The molecule has 0 amide bonds. The second-order valence-electron chi connectivity index (χ2n) is 11.2. The summed E-state index contributed by atoms with van der Waals surface area (Å²) in [6.07, 6.45) is 1.02. The first kappa shape index (κ1) is 31.8. The number of benzene rings is 2. The van der Waals surface area contributed by atoms with Gasteiger partial charge in [-0.1, -0.05) is 25.1 Å². The number of rotatable bonds is 10. The Morgan fingerprint density at radius 3 is 2.41 bits per heavy atom. The molecular formula is C31H37F3N5O4P. The van der Waals surface area contributed by atoms with Gasteiger partial charge in [-0.25, -0.2) is 4.98 Å². The van der Waals surface area contributed by atoms with Crippen molar-refractivity contribution >= 4 is 41.3 Å². The number of alkyl halides is 3. The van der Waals surface area contributed by atoms with Gasteiger partial charge in [0.2, 0.25) is 19.2 Å². The van der Waals surface area contributed by atoms with Crippen LogP contribution in [0.1, 0.15) is 62.1 Å². The van der Waals surface area contributed by atoms with Gasteiger partial charge < -0.3 is 29.9 Å². The molecule has 44 heavy (non-hydrogen) atoms. The van der Waals surface area contributed by atoms with Crippen LogP contribution in [0.5, 0.6) is 5.88 Å². The van der Waals surface area contributed by atoms with E-state index in [0.29, 0.717) is 36.7 Å². The summed E-state index contributed by atoms with van der Waals surface area (Å²) in [5, 5.41) is 27.8. The van der Waals surface area contributed by atoms with E-state index < -0.39 is 24.9 Å². The summed E-state index contributed by atoms with van der Waals surface area (Å²) < 4.78 is 62.1. The molecule has 2 heterocycles. The molecule has 0 aliphatic heterocycles. The Kier molecular flexibility index (Phi) is 9.25. The molecule has 13 heteroatoms. The lowest BCUT2D eigenvalue weighted by atomic mass is 9.81. The molecule has 1 unspecified atom stereocenters. The molecule has 4 N–H and O–H groups in total. The molecule has 0 radical (unpaired) electrons. The van der Waals surface area contributed by atoms with Crippen molar-refractivity contribution in [1.29, 1.82) is 0 Å². The van der Waals surface area contributed by atoms with E-state index in [1.54, 1.807) is 50.5 Å². The minimum Gasteiger partial charge on any atom is -0.494 e. The highest BCUT2D eigenvalue weighted by atomic mass is 31.2. The van der Waals surface area contributed by atoms with E-state index in [1.807, 2.05) is 13.0 Å². The summed E-state index contributed by atoms with van der Waals surface area (Å²) in [6, 6.07) is 10.5. The van der Waals surface area contributed by atoms with Crippen molar-refractivity contribution in [3.05, 3.63) is 65.5 Å². The fourth-order valence-corrected chi connectivity index (χ4v) is 7.49. The number of hydrogen-bond acceptors (Lipinski definition) is 8. The zero-order chi connectivity index (χ0) is 31.6. The van der Waals surface area contributed by atoms with E-state index in [1.165, 1.54) is 4.57 Å². The van der Waals surface area contributed by atoms with Crippen LogP contribution in [0.2, 0.25) is 0 Å². The molecule has 1 aliphatic rings. The number of fused-ring (bicyclic) bond motifs is 1. The maximum atomic E-state index is 14.1. The molecule has 236 valence electrons. The van der Waals surface area contributed by atoms with Crippen molar-refractivity contribution in [2.24, 2.45) is 7.05 Å². The van der Waals surface area contributed by atoms with E-state index in [9.17, 15) is 27.9 Å². The van der Waals surface area contributed by atoms with Crippen molar-refractivity contribution in [2.45, 2.75) is 63.9 Å². The highest BCUT2D eigenvalue weighted by Crippen LogP contribution is 2.50. The van der Waals surface area contributed by atoms with Gasteiger partial charge in [-0.3, -0.25) is 4.57 Å². The number of anilines is 4. The van der Waals surface area contributed by atoms with Crippen molar-refractivity contribution < 1.29 is 32.5 Å². The number of aromatic nitrogens is 3. The zero-order valence-corrected chi connectivity index (χ0v) is 25.8. The van der Waals surface area contributed by atoms with Crippen LogP contribution in [0.3, 0.4) is 0 Å². The molecule has 0 bridgehead atoms. The number of halogens is 3. The lowest BCUT2D eigenvalue weighted by Crippen LogP contribution is -2.17.